The van der Waals surface area contributed by atoms with E-state index in [1.165, 1.54) is 25.7 Å². The molecule has 0 atom stereocenters. The molecule has 3 rings (SSSR count). The van der Waals surface area contributed by atoms with Crippen molar-refractivity contribution in [1.29, 1.82) is 0 Å². The maximum Gasteiger partial charge on any atom is 0.251 e. The average Bonchev–Trinajstić information content (AvgIpc) is 3.16. The Bertz CT molecular complexity index is 518. The van der Waals surface area contributed by atoms with E-state index in [2.05, 4.69) is 5.32 Å². The van der Waals surface area contributed by atoms with E-state index >= 15 is 0 Å². The third-order valence-electron chi connectivity index (χ3n) is 4.54. The van der Waals surface area contributed by atoms with Gasteiger partial charge in [0.2, 0.25) is 5.91 Å². The van der Waals surface area contributed by atoms with Gasteiger partial charge >= 0.3 is 0 Å². The lowest BCUT2D eigenvalue weighted by Gasteiger charge is -2.16. The van der Waals surface area contributed by atoms with E-state index in [0.717, 1.165) is 25.2 Å². The molecule has 21 heavy (non-hydrogen) atoms. The minimum atomic E-state index is -0.0128. The molecule has 1 aliphatic heterocycles. The molecule has 0 bridgehead atoms. The Labute approximate surface area is 125 Å². The normalized spacial score (nSPS) is 19.2. The first-order valence-electron chi connectivity index (χ1n) is 7.92. The molecule has 1 saturated carbocycles. The third kappa shape index (κ3) is 3.26. The third-order valence-corrected chi connectivity index (χ3v) is 4.54. The van der Waals surface area contributed by atoms with Gasteiger partial charge in [-0.3, -0.25) is 9.59 Å². The van der Waals surface area contributed by atoms with E-state index in [1.54, 1.807) is 4.90 Å². The van der Waals surface area contributed by atoms with Crippen LogP contribution in [0.3, 0.4) is 0 Å². The summed E-state index contributed by atoms with van der Waals surface area (Å²) in [5, 5.41) is 3.02. The van der Waals surface area contributed by atoms with E-state index in [-0.39, 0.29) is 11.8 Å². The lowest BCUT2D eigenvalue weighted by molar-refractivity contribution is -0.117. The molecular formula is C17H22N2O2. The van der Waals surface area contributed by atoms with Crippen LogP contribution in [0.25, 0.3) is 0 Å². The number of carbonyl (C=O) groups is 2. The van der Waals surface area contributed by atoms with Crippen LogP contribution in [0.4, 0.5) is 5.69 Å². The summed E-state index contributed by atoms with van der Waals surface area (Å²) < 4.78 is 0. The highest BCUT2D eigenvalue weighted by molar-refractivity contribution is 5.97. The number of carbonyl (C=O) groups excluding carboxylic acids is 2. The molecule has 1 saturated heterocycles. The van der Waals surface area contributed by atoms with Crippen LogP contribution in [0.1, 0.15) is 48.9 Å². The van der Waals surface area contributed by atoms with E-state index in [4.69, 9.17) is 0 Å². The lowest BCUT2D eigenvalue weighted by Crippen LogP contribution is -2.28. The first-order valence-corrected chi connectivity index (χ1v) is 7.92. The van der Waals surface area contributed by atoms with Crippen molar-refractivity contribution in [2.75, 3.05) is 18.0 Å². The molecule has 1 aromatic rings. The molecule has 1 aromatic carbocycles. The summed E-state index contributed by atoms with van der Waals surface area (Å²) in [5.74, 6) is 0.810. The summed E-state index contributed by atoms with van der Waals surface area (Å²) in [7, 11) is 0. The Kier molecular flexibility index (Phi) is 4.23. The Morgan fingerprint density at radius 1 is 1.14 bits per heavy atom. The van der Waals surface area contributed by atoms with Crippen LogP contribution in [0.2, 0.25) is 0 Å². The molecule has 4 heteroatoms. The van der Waals surface area contributed by atoms with Gasteiger partial charge in [-0.2, -0.15) is 0 Å². The second-order valence-corrected chi connectivity index (χ2v) is 6.06. The van der Waals surface area contributed by atoms with Gasteiger partial charge in [0.1, 0.15) is 0 Å². The van der Waals surface area contributed by atoms with Crippen molar-refractivity contribution in [1.82, 2.24) is 5.32 Å². The van der Waals surface area contributed by atoms with Crippen LogP contribution in [-0.2, 0) is 4.79 Å². The highest BCUT2D eigenvalue weighted by Crippen LogP contribution is 2.24. The molecule has 1 aliphatic carbocycles. The fourth-order valence-electron chi connectivity index (χ4n) is 3.27. The van der Waals surface area contributed by atoms with Crippen LogP contribution in [0.5, 0.6) is 0 Å². The van der Waals surface area contributed by atoms with Gasteiger partial charge in [-0.1, -0.05) is 12.8 Å². The number of nitrogens with zero attached hydrogens (tertiary/aromatic N) is 1. The van der Waals surface area contributed by atoms with E-state index in [9.17, 15) is 9.59 Å². The van der Waals surface area contributed by atoms with E-state index < -0.39 is 0 Å². The maximum absolute atomic E-state index is 12.1. The largest absolute Gasteiger partial charge is 0.352 e. The lowest BCUT2D eigenvalue weighted by atomic mass is 10.1. The fourth-order valence-corrected chi connectivity index (χ4v) is 3.27. The topological polar surface area (TPSA) is 49.4 Å². The molecule has 4 nitrogen and oxygen atoms in total. The van der Waals surface area contributed by atoms with Crippen molar-refractivity contribution >= 4 is 17.5 Å². The molecule has 1 N–H and O–H groups in total. The second kappa shape index (κ2) is 6.29. The number of rotatable bonds is 4. The highest BCUT2D eigenvalue weighted by atomic mass is 16.2. The Morgan fingerprint density at radius 3 is 2.48 bits per heavy atom. The molecule has 2 aliphatic rings. The molecule has 0 unspecified atom stereocenters. The van der Waals surface area contributed by atoms with Crippen molar-refractivity contribution in [3.8, 4) is 0 Å². The van der Waals surface area contributed by atoms with E-state index in [1.807, 2.05) is 24.3 Å². The van der Waals surface area contributed by atoms with Gasteiger partial charge < -0.3 is 10.2 Å². The zero-order valence-corrected chi connectivity index (χ0v) is 12.3. The summed E-state index contributed by atoms with van der Waals surface area (Å²) in [6.07, 6.45) is 6.59. The number of hydrogen-bond donors (Lipinski definition) is 1. The van der Waals surface area contributed by atoms with Gasteiger partial charge in [0.05, 0.1) is 0 Å². The fraction of sp³-hybridized carbons (Fsp3) is 0.529. The molecule has 112 valence electrons. The van der Waals surface area contributed by atoms with Gasteiger partial charge in [0.25, 0.3) is 5.91 Å². The molecule has 1 heterocycles. The first kappa shape index (κ1) is 14.1. The molecule has 0 spiro atoms. The molecule has 0 radical (unpaired) electrons. The summed E-state index contributed by atoms with van der Waals surface area (Å²) in [6.45, 7) is 1.57. The monoisotopic (exact) mass is 286 g/mol. The van der Waals surface area contributed by atoms with Crippen molar-refractivity contribution < 1.29 is 9.59 Å². The predicted octanol–water partition coefficient (Wildman–Crippen LogP) is 2.73. The number of anilines is 1. The SMILES string of the molecule is O=C(NCC1CCCC1)c1ccc(N2CCCC2=O)cc1. The van der Waals surface area contributed by atoms with Crippen molar-refractivity contribution in [2.24, 2.45) is 5.92 Å². The summed E-state index contributed by atoms with van der Waals surface area (Å²) in [5.41, 5.74) is 1.56. The Hall–Kier alpha value is -1.84. The van der Waals surface area contributed by atoms with Gasteiger partial charge in [-0.15, -0.1) is 0 Å². The number of nitrogens with one attached hydrogen (secondary N) is 1. The predicted molar refractivity (Wildman–Crippen MR) is 82.3 cm³/mol. The summed E-state index contributed by atoms with van der Waals surface area (Å²) >= 11 is 0. The average molecular weight is 286 g/mol. The molecule has 0 aromatic heterocycles. The molecule has 2 amide bonds. The smallest absolute Gasteiger partial charge is 0.251 e. The quantitative estimate of drug-likeness (QED) is 0.925. The zero-order valence-electron chi connectivity index (χ0n) is 12.3. The molecular weight excluding hydrogens is 264 g/mol. The van der Waals surface area contributed by atoms with Gasteiger partial charge in [-0.25, -0.2) is 0 Å². The van der Waals surface area contributed by atoms with E-state index in [0.29, 0.717) is 17.9 Å². The highest BCUT2D eigenvalue weighted by Gasteiger charge is 2.22. The van der Waals surface area contributed by atoms with Crippen LogP contribution in [0.15, 0.2) is 24.3 Å². The van der Waals surface area contributed by atoms with Gasteiger partial charge in [0, 0.05) is 30.8 Å². The van der Waals surface area contributed by atoms with Crippen LogP contribution in [0, 0.1) is 5.92 Å². The standard InChI is InChI=1S/C17H22N2O2/c20-16-6-3-11-19(16)15-9-7-14(8-10-15)17(21)18-12-13-4-1-2-5-13/h7-10,13H,1-6,11-12H2,(H,18,21). The second-order valence-electron chi connectivity index (χ2n) is 6.06. The van der Waals surface area contributed by atoms with Gasteiger partial charge in [0.15, 0.2) is 0 Å². The minimum absolute atomic E-state index is 0.0128. The van der Waals surface area contributed by atoms with Crippen molar-refractivity contribution in [2.45, 2.75) is 38.5 Å². The number of benzene rings is 1. The summed E-state index contributed by atoms with van der Waals surface area (Å²) in [6, 6.07) is 7.36. The van der Waals surface area contributed by atoms with Crippen LogP contribution in [-0.4, -0.2) is 24.9 Å². The first-order chi connectivity index (χ1) is 10.2. The number of amides is 2. The maximum atomic E-state index is 12.1. The van der Waals surface area contributed by atoms with Gasteiger partial charge in [-0.05, 0) is 49.4 Å². The minimum Gasteiger partial charge on any atom is -0.352 e. The number of hydrogen-bond acceptors (Lipinski definition) is 2. The molecule has 2 fully saturated rings. The Morgan fingerprint density at radius 2 is 1.86 bits per heavy atom. The van der Waals surface area contributed by atoms with Crippen LogP contribution < -0.4 is 10.2 Å². The Balaban J connectivity index is 1.58. The zero-order chi connectivity index (χ0) is 14.7. The summed E-state index contributed by atoms with van der Waals surface area (Å²) in [4.78, 5) is 25.6. The van der Waals surface area contributed by atoms with Crippen molar-refractivity contribution in [3.63, 3.8) is 0 Å². The van der Waals surface area contributed by atoms with Crippen molar-refractivity contribution in [3.05, 3.63) is 29.8 Å². The van der Waals surface area contributed by atoms with Crippen LogP contribution >= 0.6 is 0 Å².